The van der Waals surface area contributed by atoms with Crippen LogP contribution in [0.2, 0.25) is 5.02 Å². The molecule has 14 heteroatoms. The van der Waals surface area contributed by atoms with E-state index in [2.05, 4.69) is 5.32 Å². The lowest BCUT2D eigenvalue weighted by atomic mass is 10.1. The maximum absolute atomic E-state index is 13.5. The van der Waals surface area contributed by atoms with E-state index >= 15 is 0 Å². The van der Waals surface area contributed by atoms with Crippen LogP contribution in [0.3, 0.4) is 0 Å². The quantitative estimate of drug-likeness (QED) is 0.356. The smallest absolute Gasteiger partial charge is 0.257 e. The highest BCUT2D eigenvalue weighted by atomic mass is 35.5. The lowest BCUT2D eigenvalue weighted by molar-refractivity contribution is 0.102. The molecule has 1 atom stereocenters. The number of hydrogen-bond acceptors (Lipinski definition) is 8. The lowest BCUT2D eigenvalue weighted by Gasteiger charge is -2.29. The van der Waals surface area contributed by atoms with Crippen molar-refractivity contribution in [3.63, 3.8) is 0 Å². The van der Waals surface area contributed by atoms with Crippen molar-refractivity contribution in [2.75, 3.05) is 48.4 Å². The van der Waals surface area contributed by atoms with E-state index in [9.17, 15) is 22.0 Å². The topological polar surface area (TPSA) is 128 Å². The van der Waals surface area contributed by atoms with E-state index in [1.54, 1.807) is 11.8 Å². The first-order valence-corrected chi connectivity index (χ1v) is 15.6. The molecular weight excluding hydrogens is 586 g/mol. The van der Waals surface area contributed by atoms with Gasteiger partial charge in [0, 0.05) is 41.4 Å². The molecule has 1 unspecified atom stereocenters. The predicted molar refractivity (Wildman–Crippen MR) is 153 cm³/mol. The zero-order chi connectivity index (χ0) is 28.2. The number of sulfonamides is 1. The minimum absolute atomic E-state index is 0.00275. The van der Waals surface area contributed by atoms with E-state index < -0.39 is 27.2 Å². The molecule has 0 saturated carbocycles. The molecule has 0 aromatic heterocycles. The molecule has 4 rings (SSSR count). The number of anilines is 3. The maximum Gasteiger partial charge on any atom is 0.257 e. The summed E-state index contributed by atoms with van der Waals surface area (Å²) in [5, 5.41) is 3.11. The molecule has 3 aromatic carbocycles. The number of rotatable bonds is 9. The van der Waals surface area contributed by atoms with Gasteiger partial charge >= 0.3 is 0 Å². The first kappa shape index (κ1) is 29.2. The van der Waals surface area contributed by atoms with Gasteiger partial charge in [0.1, 0.15) is 0 Å². The third kappa shape index (κ3) is 6.51. The predicted octanol–water partition coefficient (Wildman–Crippen LogP) is 4.28. The number of carbonyl (C=O) groups is 1. The van der Waals surface area contributed by atoms with Crippen LogP contribution < -0.4 is 19.1 Å². The van der Waals surface area contributed by atoms with E-state index in [0.29, 0.717) is 23.8 Å². The summed E-state index contributed by atoms with van der Waals surface area (Å²) in [5.41, 5.74) is 0.520. The van der Waals surface area contributed by atoms with Crippen molar-refractivity contribution in [3.8, 4) is 11.5 Å². The molecule has 39 heavy (non-hydrogen) atoms. The monoisotopic (exact) mass is 610 g/mol. The van der Waals surface area contributed by atoms with Gasteiger partial charge in [0.05, 0.1) is 47.3 Å². The molecule has 0 radical (unpaired) electrons. The highest BCUT2D eigenvalue weighted by molar-refractivity contribution is 7.99. The average Bonchev–Trinajstić information content (AvgIpc) is 2.94. The Kier molecular flexibility index (Phi) is 9.41. The van der Waals surface area contributed by atoms with E-state index in [1.807, 2.05) is 0 Å². The molecule has 1 aliphatic heterocycles. The van der Waals surface area contributed by atoms with Crippen molar-refractivity contribution in [2.24, 2.45) is 0 Å². The molecule has 1 aliphatic rings. The fraction of sp³-hybridized carbons (Fsp3) is 0.240. The highest BCUT2D eigenvalue weighted by Crippen LogP contribution is 2.39. The van der Waals surface area contributed by atoms with Crippen LogP contribution in [0.15, 0.2) is 65.6 Å². The summed E-state index contributed by atoms with van der Waals surface area (Å²) < 4.78 is 63.7. The number of amides is 1. The number of ether oxygens (including phenoxy) is 2. The molecule has 1 saturated heterocycles. The van der Waals surface area contributed by atoms with Gasteiger partial charge in [-0.25, -0.2) is 8.42 Å². The summed E-state index contributed by atoms with van der Waals surface area (Å²) >= 11 is 4.85. The van der Waals surface area contributed by atoms with Crippen molar-refractivity contribution in [3.05, 3.63) is 71.2 Å². The Morgan fingerprint density at radius 2 is 1.62 bits per heavy atom. The fourth-order valence-corrected chi connectivity index (χ4v) is 7.25. The molecule has 1 heterocycles. The molecule has 3 aromatic rings. The van der Waals surface area contributed by atoms with Crippen molar-refractivity contribution >= 4 is 67.6 Å². The first-order valence-electron chi connectivity index (χ1n) is 11.6. The molecular formula is C25H25ClN3O7S3-. The summed E-state index contributed by atoms with van der Waals surface area (Å²) in [6, 6.07) is 14.6. The van der Waals surface area contributed by atoms with Crippen LogP contribution in [0.25, 0.3) is 0 Å². The largest absolute Gasteiger partial charge is 0.755 e. The van der Waals surface area contributed by atoms with Gasteiger partial charge in [-0.05, 0) is 54.6 Å². The zero-order valence-corrected chi connectivity index (χ0v) is 24.2. The maximum atomic E-state index is 13.5. The van der Waals surface area contributed by atoms with Crippen LogP contribution in [-0.4, -0.2) is 66.2 Å². The molecule has 0 spiro atoms. The molecule has 10 nitrogen and oxygen atoms in total. The molecule has 1 fully saturated rings. The highest BCUT2D eigenvalue weighted by Gasteiger charge is 2.27. The second-order valence-electron chi connectivity index (χ2n) is 8.21. The summed E-state index contributed by atoms with van der Waals surface area (Å²) in [5.74, 6) is 1.24. The van der Waals surface area contributed by atoms with Gasteiger partial charge in [-0.1, -0.05) is 11.6 Å². The van der Waals surface area contributed by atoms with Gasteiger partial charge in [0.2, 0.25) is 10.0 Å². The first-order chi connectivity index (χ1) is 18.6. The number of hydrogen-bond donors (Lipinski definition) is 1. The van der Waals surface area contributed by atoms with Crippen molar-refractivity contribution in [2.45, 2.75) is 4.90 Å². The number of halogens is 1. The molecule has 208 valence electrons. The third-order valence-electron chi connectivity index (χ3n) is 5.90. The second-order valence-corrected chi connectivity index (χ2v) is 12.6. The van der Waals surface area contributed by atoms with Gasteiger partial charge in [0.15, 0.2) is 11.5 Å². The molecule has 1 N–H and O–H groups in total. The molecule has 1 amide bonds. The van der Waals surface area contributed by atoms with Crippen molar-refractivity contribution in [1.29, 1.82) is 0 Å². The third-order valence-corrected chi connectivity index (χ3v) is 9.71. The lowest BCUT2D eigenvalue weighted by Crippen LogP contribution is -2.37. The summed E-state index contributed by atoms with van der Waals surface area (Å²) in [7, 11) is -0.865. The molecule has 0 aliphatic carbocycles. The van der Waals surface area contributed by atoms with Gasteiger partial charge in [-0.3, -0.25) is 13.3 Å². The SMILES string of the molecule is COc1cc(C(=O)Nc2ccc(S(=O)(=O)N3CCSCC3)cc2)c(N(c2ccc(Cl)cc2)S(=O)[O-])cc1OC. The number of benzene rings is 3. The second kappa shape index (κ2) is 12.6. The Hall–Kier alpha value is -2.81. The van der Waals surface area contributed by atoms with E-state index in [0.717, 1.165) is 15.8 Å². The van der Waals surface area contributed by atoms with E-state index in [-0.39, 0.29) is 33.3 Å². The summed E-state index contributed by atoms with van der Waals surface area (Å²) in [4.78, 5) is 13.6. The molecule has 0 bridgehead atoms. The van der Waals surface area contributed by atoms with Crippen LogP contribution in [0.1, 0.15) is 10.4 Å². The van der Waals surface area contributed by atoms with E-state index in [1.165, 1.54) is 79.2 Å². The summed E-state index contributed by atoms with van der Waals surface area (Å²) in [6.07, 6.45) is 0. The summed E-state index contributed by atoms with van der Waals surface area (Å²) in [6.45, 7) is 0.886. The average molecular weight is 611 g/mol. The van der Waals surface area contributed by atoms with Crippen LogP contribution >= 0.6 is 23.4 Å². The normalized spacial score (nSPS) is 14.9. The number of thioether (sulfide) groups is 1. The zero-order valence-electron chi connectivity index (χ0n) is 21.0. The van der Waals surface area contributed by atoms with Crippen molar-refractivity contribution < 1.29 is 31.4 Å². The van der Waals surface area contributed by atoms with Crippen molar-refractivity contribution in [1.82, 2.24) is 4.31 Å². The van der Waals surface area contributed by atoms with Crippen LogP contribution in [-0.2, 0) is 21.3 Å². The Balaban J connectivity index is 1.68. The number of carbonyl (C=O) groups excluding carboxylic acids is 1. The van der Waals surface area contributed by atoms with E-state index in [4.69, 9.17) is 21.1 Å². The minimum atomic E-state index is -3.65. The number of methoxy groups -OCH3 is 2. The van der Waals surface area contributed by atoms with Crippen LogP contribution in [0.4, 0.5) is 17.1 Å². The Morgan fingerprint density at radius 3 is 2.18 bits per heavy atom. The van der Waals surface area contributed by atoms with Gasteiger partial charge in [-0.2, -0.15) is 16.1 Å². The number of nitrogens with one attached hydrogen (secondary N) is 1. The Labute approximate surface area is 238 Å². The van der Waals surface area contributed by atoms with Crippen LogP contribution in [0.5, 0.6) is 11.5 Å². The van der Waals surface area contributed by atoms with Crippen LogP contribution in [0, 0.1) is 0 Å². The van der Waals surface area contributed by atoms with Gasteiger partial charge < -0.3 is 19.3 Å². The standard InChI is InChI=1S/C25H26ClN3O7S3/c1-35-23-15-21(22(16-24(23)36-2)29(38(31)32)19-7-3-17(26)4-8-19)25(30)27-18-5-9-20(10-6-18)39(33,34)28-11-13-37-14-12-28/h3-10,15-16H,11-14H2,1-2H3,(H,27,30)(H,31,32)/p-1. The van der Waals surface area contributed by atoms with Gasteiger partial charge in [-0.15, -0.1) is 0 Å². The van der Waals surface area contributed by atoms with Gasteiger partial charge in [0.25, 0.3) is 5.91 Å². The Morgan fingerprint density at radius 1 is 1.03 bits per heavy atom. The minimum Gasteiger partial charge on any atom is -0.755 e. The fourth-order valence-electron chi connectivity index (χ4n) is 3.94. The number of nitrogens with zero attached hydrogens (tertiary/aromatic N) is 2. The Bertz CT molecular complexity index is 1460.